The van der Waals surface area contributed by atoms with Gasteiger partial charge in [0.2, 0.25) is 5.16 Å². The number of nitrogens with one attached hydrogen (secondary N) is 2. The summed E-state index contributed by atoms with van der Waals surface area (Å²) in [6.07, 6.45) is -0.0183. The molecular weight excluding hydrogens is 408 g/mol. The first-order valence-electron chi connectivity index (χ1n) is 9.47. The lowest BCUT2D eigenvalue weighted by atomic mass is 10.1. The van der Waals surface area contributed by atoms with Gasteiger partial charge in [0.25, 0.3) is 5.91 Å². The van der Waals surface area contributed by atoms with E-state index in [2.05, 4.69) is 20.8 Å². The van der Waals surface area contributed by atoms with E-state index in [1.807, 2.05) is 39.0 Å². The van der Waals surface area contributed by atoms with E-state index in [1.165, 1.54) is 11.8 Å². The Morgan fingerprint density at radius 1 is 1.37 bits per heavy atom. The standard InChI is InChI=1S/C19H22N6O4S/c1-19(2,3)29-18(27)20-7-6-15-22-23-17-25(15)24-13(10-30-17)11-4-5-14-12(8-11)21-16(26)9-28-14/h4-5,8H,6-7,9-10H2,1-3H3,(H,20,27)(H,21,26). The molecule has 0 saturated heterocycles. The summed E-state index contributed by atoms with van der Waals surface area (Å²) in [6, 6.07) is 5.59. The number of thioether (sulfide) groups is 1. The minimum Gasteiger partial charge on any atom is -0.482 e. The van der Waals surface area contributed by atoms with Crippen molar-refractivity contribution in [3.05, 3.63) is 29.6 Å². The van der Waals surface area contributed by atoms with Crippen LogP contribution in [0.4, 0.5) is 10.5 Å². The molecule has 158 valence electrons. The predicted molar refractivity (Wildman–Crippen MR) is 111 cm³/mol. The Morgan fingerprint density at radius 2 is 2.20 bits per heavy atom. The van der Waals surface area contributed by atoms with Gasteiger partial charge in [0.1, 0.15) is 11.4 Å². The molecule has 0 fully saturated rings. The number of carbonyl (C=O) groups is 2. The Balaban J connectivity index is 1.47. The number of anilines is 1. The second kappa shape index (κ2) is 7.98. The van der Waals surface area contributed by atoms with Crippen LogP contribution >= 0.6 is 11.8 Å². The van der Waals surface area contributed by atoms with Gasteiger partial charge < -0.3 is 20.1 Å². The topological polar surface area (TPSA) is 120 Å². The number of amides is 2. The Bertz CT molecular complexity index is 1030. The van der Waals surface area contributed by atoms with Crippen molar-refractivity contribution in [2.45, 2.75) is 37.9 Å². The molecule has 0 atom stereocenters. The molecule has 1 aromatic heterocycles. The molecule has 2 amide bonds. The fraction of sp³-hybridized carbons (Fsp3) is 0.421. The van der Waals surface area contributed by atoms with Crippen molar-refractivity contribution in [3.63, 3.8) is 0 Å². The van der Waals surface area contributed by atoms with Crippen molar-refractivity contribution < 1.29 is 19.1 Å². The number of fused-ring (bicyclic) bond motifs is 2. The van der Waals surface area contributed by atoms with E-state index in [-0.39, 0.29) is 12.5 Å². The average Bonchev–Trinajstić information content (AvgIpc) is 3.08. The average molecular weight is 430 g/mol. The van der Waals surface area contributed by atoms with Gasteiger partial charge in [0.05, 0.1) is 11.4 Å². The first-order valence-corrected chi connectivity index (χ1v) is 10.5. The fourth-order valence-corrected chi connectivity index (χ4v) is 3.78. The lowest BCUT2D eigenvalue weighted by Gasteiger charge is -2.20. The van der Waals surface area contributed by atoms with Crippen molar-refractivity contribution in [3.8, 4) is 5.75 Å². The molecule has 2 aliphatic rings. The normalized spacial score (nSPS) is 15.3. The minimum absolute atomic E-state index is 0.0217. The third-order valence-corrected chi connectivity index (χ3v) is 5.13. The number of hydrogen-bond acceptors (Lipinski definition) is 8. The Labute approximate surface area is 177 Å². The van der Waals surface area contributed by atoms with Gasteiger partial charge >= 0.3 is 6.09 Å². The molecular formula is C19H22N6O4S. The van der Waals surface area contributed by atoms with Crippen molar-refractivity contribution in [1.82, 2.24) is 20.2 Å². The van der Waals surface area contributed by atoms with Crippen LogP contribution in [0, 0.1) is 0 Å². The zero-order valence-electron chi connectivity index (χ0n) is 16.9. The van der Waals surface area contributed by atoms with Gasteiger partial charge in [-0.3, -0.25) is 4.79 Å². The maximum absolute atomic E-state index is 11.8. The number of aromatic nitrogens is 3. The van der Waals surface area contributed by atoms with Gasteiger partial charge in [-0.15, -0.1) is 10.2 Å². The van der Waals surface area contributed by atoms with Crippen LogP contribution in [0.2, 0.25) is 0 Å². The predicted octanol–water partition coefficient (Wildman–Crippen LogP) is 2.03. The zero-order chi connectivity index (χ0) is 21.3. The SMILES string of the molecule is CC(C)(C)OC(=O)NCCc1nnc2n1N=C(c1ccc3c(c1)NC(=O)CO3)CS2. The summed E-state index contributed by atoms with van der Waals surface area (Å²) in [5.74, 6) is 1.73. The summed E-state index contributed by atoms with van der Waals surface area (Å²) in [5.41, 5.74) is 1.79. The highest BCUT2D eigenvalue weighted by atomic mass is 32.2. The number of nitrogens with zero attached hydrogens (tertiary/aromatic N) is 4. The van der Waals surface area contributed by atoms with Gasteiger partial charge in [0, 0.05) is 24.3 Å². The van der Waals surface area contributed by atoms with Crippen LogP contribution in [0.1, 0.15) is 32.2 Å². The van der Waals surface area contributed by atoms with E-state index in [1.54, 1.807) is 4.68 Å². The summed E-state index contributed by atoms with van der Waals surface area (Å²) in [7, 11) is 0. The molecule has 0 bridgehead atoms. The van der Waals surface area contributed by atoms with Crippen LogP contribution in [0.5, 0.6) is 5.75 Å². The molecule has 10 nitrogen and oxygen atoms in total. The summed E-state index contributed by atoms with van der Waals surface area (Å²) < 4.78 is 12.3. The maximum atomic E-state index is 11.8. The van der Waals surface area contributed by atoms with Crippen LogP contribution < -0.4 is 15.4 Å². The molecule has 0 saturated carbocycles. The number of hydrogen-bond donors (Lipinski definition) is 2. The minimum atomic E-state index is -0.548. The monoisotopic (exact) mass is 430 g/mol. The van der Waals surface area contributed by atoms with E-state index in [9.17, 15) is 9.59 Å². The maximum Gasteiger partial charge on any atom is 0.407 e. The Hall–Kier alpha value is -3.08. The van der Waals surface area contributed by atoms with Crippen LogP contribution in [0.3, 0.4) is 0 Å². The molecule has 1 aromatic carbocycles. The van der Waals surface area contributed by atoms with Crippen molar-refractivity contribution >= 4 is 35.2 Å². The summed E-state index contributed by atoms with van der Waals surface area (Å²) in [5, 5.41) is 19.3. The van der Waals surface area contributed by atoms with Crippen LogP contribution in [-0.4, -0.2) is 57.1 Å². The second-order valence-corrected chi connectivity index (χ2v) is 8.71. The number of alkyl carbamates (subject to hydrolysis) is 1. The number of carbonyl (C=O) groups excluding carboxylic acids is 2. The molecule has 3 heterocycles. The number of ether oxygens (including phenoxy) is 2. The molecule has 2 aromatic rings. The molecule has 0 aliphatic carbocycles. The van der Waals surface area contributed by atoms with Crippen LogP contribution in [0.15, 0.2) is 28.5 Å². The summed E-state index contributed by atoms with van der Waals surface area (Å²) in [4.78, 5) is 23.4. The second-order valence-electron chi connectivity index (χ2n) is 7.77. The summed E-state index contributed by atoms with van der Waals surface area (Å²) >= 11 is 1.53. The highest BCUT2D eigenvalue weighted by molar-refractivity contribution is 7.99. The highest BCUT2D eigenvalue weighted by Crippen LogP contribution is 2.31. The third kappa shape index (κ3) is 4.56. The molecule has 0 unspecified atom stereocenters. The smallest absolute Gasteiger partial charge is 0.407 e. The van der Waals surface area contributed by atoms with E-state index >= 15 is 0 Å². The zero-order valence-corrected chi connectivity index (χ0v) is 17.7. The Kier molecular flexibility index (Phi) is 5.37. The van der Waals surface area contributed by atoms with Gasteiger partial charge in [-0.1, -0.05) is 11.8 Å². The van der Waals surface area contributed by atoms with E-state index in [0.717, 1.165) is 11.3 Å². The molecule has 2 N–H and O–H groups in total. The molecule has 11 heteroatoms. The molecule has 0 radical (unpaired) electrons. The van der Waals surface area contributed by atoms with Crippen LogP contribution in [-0.2, 0) is 16.0 Å². The van der Waals surface area contributed by atoms with E-state index in [0.29, 0.717) is 41.1 Å². The molecule has 4 rings (SSSR count). The molecule has 30 heavy (non-hydrogen) atoms. The molecule has 0 spiro atoms. The van der Waals surface area contributed by atoms with Crippen LogP contribution in [0.25, 0.3) is 0 Å². The Morgan fingerprint density at radius 3 is 3.00 bits per heavy atom. The van der Waals surface area contributed by atoms with Gasteiger partial charge in [-0.2, -0.15) is 9.78 Å². The highest BCUT2D eigenvalue weighted by Gasteiger charge is 2.22. The number of benzene rings is 1. The van der Waals surface area contributed by atoms with Crippen molar-refractivity contribution in [2.75, 3.05) is 24.2 Å². The van der Waals surface area contributed by atoms with Gasteiger partial charge in [0.15, 0.2) is 12.4 Å². The van der Waals surface area contributed by atoms with Gasteiger partial charge in [-0.25, -0.2) is 4.79 Å². The van der Waals surface area contributed by atoms with Gasteiger partial charge in [-0.05, 0) is 39.0 Å². The first-order chi connectivity index (χ1) is 14.3. The molecule has 2 aliphatic heterocycles. The lowest BCUT2D eigenvalue weighted by Crippen LogP contribution is -2.33. The van der Waals surface area contributed by atoms with E-state index < -0.39 is 11.7 Å². The van der Waals surface area contributed by atoms with E-state index in [4.69, 9.17) is 14.6 Å². The third-order valence-electron chi connectivity index (χ3n) is 4.20. The van der Waals surface area contributed by atoms with Crippen molar-refractivity contribution in [1.29, 1.82) is 0 Å². The first kappa shape index (κ1) is 20.2. The summed E-state index contributed by atoms with van der Waals surface area (Å²) in [6.45, 7) is 5.81. The van der Waals surface area contributed by atoms with Crippen molar-refractivity contribution in [2.24, 2.45) is 5.10 Å². The fourth-order valence-electron chi connectivity index (χ4n) is 2.92. The lowest BCUT2D eigenvalue weighted by molar-refractivity contribution is -0.118. The quantitative estimate of drug-likeness (QED) is 0.762. The number of rotatable bonds is 4. The largest absolute Gasteiger partial charge is 0.482 e.